The zero-order valence-electron chi connectivity index (χ0n) is 13.8. The number of nitrogens with two attached hydrogens (primary N) is 1. The van der Waals surface area contributed by atoms with Crippen molar-refractivity contribution in [3.63, 3.8) is 0 Å². The van der Waals surface area contributed by atoms with Crippen molar-refractivity contribution in [2.75, 3.05) is 5.73 Å². The van der Waals surface area contributed by atoms with E-state index in [2.05, 4.69) is 0 Å². The summed E-state index contributed by atoms with van der Waals surface area (Å²) in [5, 5.41) is 25.6. The molecule has 0 atom stereocenters. The summed E-state index contributed by atoms with van der Waals surface area (Å²) in [4.78, 5) is 20.4. The highest BCUT2D eigenvalue weighted by Gasteiger charge is 1.97. The first kappa shape index (κ1) is 20.2. The molecule has 0 saturated carbocycles. The molecule has 5 N–H and O–H groups in total. The Balaban J connectivity index is 0.000000195. The zero-order valence-corrected chi connectivity index (χ0v) is 13.8. The molecule has 0 bridgehead atoms. The summed E-state index contributed by atoms with van der Waals surface area (Å²) in [7, 11) is 0. The first-order valence-electron chi connectivity index (χ1n) is 7.52. The first-order valence-corrected chi connectivity index (χ1v) is 7.52. The molecule has 0 amide bonds. The van der Waals surface area contributed by atoms with Crippen molar-refractivity contribution in [1.29, 1.82) is 0 Å². The fraction of sp³-hybridized carbons (Fsp3) is 0. The number of phenols is 1. The minimum Gasteiger partial charge on any atom is -0.506 e. The molecular formula is C20H19NO5. The molecule has 0 aliphatic rings. The van der Waals surface area contributed by atoms with Crippen LogP contribution in [0.5, 0.6) is 5.75 Å². The summed E-state index contributed by atoms with van der Waals surface area (Å²) >= 11 is 0. The van der Waals surface area contributed by atoms with Crippen LogP contribution in [-0.4, -0.2) is 27.3 Å². The van der Waals surface area contributed by atoms with Crippen molar-refractivity contribution in [3.05, 3.63) is 96.1 Å². The highest BCUT2D eigenvalue weighted by molar-refractivity contribution is 5.87. The van der Waals surface area contributed by atoms with E-state index in [0.717, 1.165) is 0 Å². The zero-order chi connectivity index (χ0) is 19.4. The lowest BCUT2D eigenvalue weighted by molar-refractivity contribution is 0.0686. The summed E-state index contributed by atoms with van der Waals surface area (Å²) in [6.45, 7) is 0. The average molecular weight is 353 g/mol. The van der Waals surface area contributed by atoms with Gasteiger partial charge in [0.25, 0.3) is 0 Å². The molecule has 0 unspecified atom stereocenters. The molecule has 26 heavy (non-hydrogen) atoms. The Kier molecular flexibility index (Phi) is 8.47. The van der Waals surface area contributed by atoms with Crippen LogP contribution in [0.2, 0.25) is 0 Å². The molecule has 134 valence electrons. The minimum absolute atomic E-state index is 0.146. The minimum atomic E-state index is -0.879. The largest absolute Gasteiger partial charge is 0.506 e. The number of phenolic OH excluding ortho intramolecular Hbond substituents is 1. The third-order valence-electron chi connectivity index (χ3n) is 2.98. The average Bonchev–Trinajstić information content (AvgIpc) is 2.66. The van der Waals surface area contributed by atoms with Crippen molar-refractivity contribution in [2.24, 2.45) is 0 Å². The number of nitrogen functional groups attached to an aromatic ring is 1. The lowest BCUT2D eigenvalue weighted by atomic mass is 10.2. The van der Waals surface area contributed by atoms with Crippen molar-refractivity contribution in [3.8, 4) is 5.75 Å². The van der Waals surface area contributed by atoms with Gasteiger partial charge in [0.1, 0.15) is 5.75 Å². The fourth-order valence-electron chi connectivity index (χ4n) is 1.65. The normalized spacial score (nSPS) is 8.92. The van der Waals surface area contributed by atoms with E-state index in [4.69, 9.17) is 21.1 Å². The van der Waals surface area contributed by atoms with E-state index >= 15 is 0 Å². The smallest absolute Gasteiger partial charge is 0.335 e. The number of aromatic hydroxyl groups is 1. The van der Waals surface area contributed by atoms with Crippen LogP contribution < -0.4 is 5.73 Å². The highest BCUT2D eigenvalue weighted by Crippen LogP contribution is 2.16. The van der Waals surface area contributed by atoms with Crippen LogP contribution >= 0.6 is 0 Å². The molecule has 0 aromatic heterocycles. The van der Waals surface area contributed by atoms with Gasteiger partial charge in [-0.1, -0.05) is 48.5 Å². The first-order chi connectivity index (χ1) is 12.4. The molecule has 0 fully saturated rings. The molecule has 0 aliphatic carbocycles. The quantitative estimate of drug-likeness (QED) is 0.411. The lowest BCUT2D eigenvalue weighted by Gasteiger charge is -1.92. The van der Waals surface area contributed by atoms with Crippen LogP contribution in [0.4, 0.5) is 5.69 Å². The summed E-state index contributed by atoms with van der Waals surface area (Å²) in [6.07, 6.45) is 0. The van der Waals surface area contributed by atoms with Gasteiger partial charge < -0.3 is 21.1 Å². The standard InChI is InChI=1S/2C7H6O2.C6H7NO/c2*8-7(9)6-4-2-1-3-5-6;7-5-3-1-2-4-6(5)8/h2*1-5H,(H,8,9);1-4,8H,7H2. The molecule has 0 heterocycles. The Morgan fingerprint density at radius 2 is 0.962 bits per heavy atom. The van der Waals surface area contributed by atoms with Gasteiger partial charge in [-0.05, 0) is 36.4 Å². The molecule has 0 saturated heterocycles. The molecule has 3 aromatic carbocycles. The van der Waals surface area contributed by atoms with Gasteiger partial charge in [0.05, 0.1) is 16.8 Å². The van der Waals surface area contributed by atoms with Crippen LogP contribution in [0, 0.1) is 0 Å². The number of anilines is 1. The van der Waals surface area contributed by atoms with E-state index in [1.165, 1.54) is 0 Å². The predicted molar refractivity (Wildman–Crippen MR) is 99.3 cm³/mol. The maximum atomic E-state index is 10.2. The molecule has 3 rings (SSSR count). The van der Waals surface area contributed by atoms with Gasteiger partial charge in [-0.2, -0.15) is 0 Å². The van der Waals surface area contributed by atoms with Gasteiger partial charge in [-0.25, -0.2) is 9.59 Å². The Morgan fingerprint density at radius 1 is 0.615 bits per heavy atom. The second-order valence-corrected chi connectivity index (χ2v) is 4.90. The Hall–Kier alpha value is -3.80. The van der Waals surface area contributed by atoms with Crippen molar-refractivity contribution in [1.82, 2.24) is 0 Å². The number of carboxylic acid groups (broad SMARTS) is 2. The van der Waals surface area contributed by atoms with Gasteiger partial charge in [-0.3, -0.25) is 0 Å². The maximum Gasteiger partial charge on any atom is 0.335 e. The topological polar surface area (TPSA) is 121 Å². The number of carbonyl (C=O) groups is 2. The highest BCUT2D eigenvalue weighted by atomic mass is 16.4. The van der Waals surface area contributed by atoms with E-state index < -0.39 is 11.9 Å². The number of carboxylic acids is 2. The monoisotopic (exact) mass is 353 g/mol. The number of aromatic carboxylic acids is 2. The van der Waals surface area contributed by atoms with Crippen LogP contribution in [0.1, 0.15) is 20.7 Å². The number of hydrogen-bond donors (Lipinski definition) is 4. The Bertz CT molecular complexity index is 749. The van der Waals surface area contributed by atoms with E-state index in [1.54, 1.807) is 84.9 Å². The molecule has 3 aromatic rings. The van der Waals surface area contributed by atoms with Gasteiger partial charge in [0.15, 0.2) is 0 Å². The van der Waals surface area contributed by atoms with Crippen LogP contribution in [0.25, 0.3) is 0 Å². The molecular weight excluding hydrogens is 334 g/mol. The number of rotatable bonds is 2. The molecule has 6 nitrogen and oxygen atoms in total. The van der Waals surface area contributed by atoms with Crippen LogP contribution in [-0.2, 0) is 0 Å². The molecule has 0 aliphatic heterocycles. The summed E-state index contributed by atoms with van der Waals surface area (Å²) in [6, 6.07) is 23.3. The Labute approximate surface area is 150 Å². The van der Waals surface area contributed by atoms with Gasteiger partial charge >= 0.3 is 11.9 Å². The lowest BCUT2D eigenvalue weighted by Crippen LogP contribution is -1.93. The predicted octanol–water partition coefficient (Wildman–Crippen LogP) is 3.74. The maximum absolute atomic E-state index is 10.2. The molecule has 0 spiro atoms. The van der Waals surface area contributed by atoms with E-state index in [-0.39, 0.29) is 5.75 Å². The molecule has 0 radical (unpaired) electrons. The van der Waals surface area contributed by atoms with E-state index in [0.29, 0.717) is 16.8 Å². The SMILES string of the molecule is Nc1ccccc1O.O=C(O)c1ccccc1.O=C(O)c1ccccc1. The van der Waals surface area contributed by atoms with Crippen molar-refractivity contribution >= 4 is 17.6 Å². The van der Waals surface area contributed by atoms with Gasteiger partial charge in [0.2, 0.25) is 0 Å². The van der Waals surface area contributed by atoms with E-state index in [9.17, 15) is 9.59 Å². The number of benzene rings is 3. The second kappa shape index (κ2) is 10.9. The van der Waals surface area contributed by atoms with Crippen LogP contribution in [0.15, 0.2) is 84.9 Å². The third kappa shape index (κ3) is 7.65. The van der Waals surface area contributed by atoms with Gasteiger partial charge in [0, 0.05) is 0 Å². The van der Waals surface area contributed by atoms with Crippen molar-refractivity contribution in [2.45, 2.75) is 0 Å². The van der Waals surface area contributed by atoms with Gasteiger partial charge in [-0.15, -0.1) is 0 Å². The Morgan fingerprint density at radius 3 is 1.19 bits per heavy atom. The molecule has 6 heteroatoms. The summed E-state index contributed by atoms with van der Waals surface area (Å²) in [5.41, 5.74) is 6.36. The number of para-hydroxylation sites is 2. The summed E-state index contributed by atoms with van der Waals surface area (Å²) in [5.74, 6) is -1.61. The van der Waals surface area contributed by atoms with Crippen LogP contribution in [0.3, 0.4) is 0 Å². The van der Waals surface area contributed by atoms with E-state index in [1.807, 2.05) is 0 Å². The van der Waals surface area contributed by atoms with Crippen molar-refractivity contribution < 1.29 is 24.9 Å². The fourth-order valence-corrected chi connectivity index (χ4v) is 1.65. The third-order valence-corrected chi connectivity index (χ3v) is 2.98. The second-order valence-electron chi connectivity index (χ2n) is 4.90. The summed E-state index contributed by atoms with van der Waals surface area (Å²) < 4.78 is 0. The number of hydrogen-bond acceptors (Lipinski definition) is 4.